The number of thioether (sulfide) groups is 1. The number of fused-ring (bicyclic) bond motifs is 1. The first-order chi connectivity index (χ1) is 9.68. The molecule has 2 aliphatic heterocycles. The summed E-state index contributed by atoms with van der Waals surface area (Å²) in [5, 5.41) is 8.97. The molecule has 1 aromatic heterocycles. The number of carboxylic acids is 1. The Morgan fingerprint density at radius 1 is 1.55 bits per heavy atom. The van der Waals surface area contributed by atoms with Crippen molar-refractivity contribution >= 4 is 29.7 Å². The molecular formula is C14H12N2O3S. The highest BCUT2D eigenvalue weighted by Crippen LogP contribution is 2.42. The van der Waals surface area contributed by atoms with Crippen LogP contribution in [0.4, 0.5) is 0 Å². The highest BCUT2D eigenvalue weighted by atomic mass is 32.2. The third kappa shape index (κ3) is 2.12. The first-order valence-corrected chi connectivity index (χ1v) is 7.20. The predicted molar refractivity (Wildman–Crippen MR) is 75.6 cm³/mol. The molecule has 102 valence electrons. The quantitative estimate of drug-likeness (QED) is 0.855. The number of carbonyl (C=O) groups is 2. The standard InChI is InChI=1S/C14H12N2O3S/c17-12-10(4-3-9-2-1-6-15-8-9)13-16(12)11(14(18)19)5-7-20-13/h1-6,8,10,13H,7H2,(H,18,19)/t10?,13-/m0/s1. The van der Waals surface area contributed by atoms with Crippen molar-refractivity contribution in [3.8, 4) is 0 Å². The van der Waals surface area contributed by atoms with Crippen LogP contribution in [0.25, 0.3) is 6.08 Å². The van der Waals surface area contributed by atoms with Gasteiger partial charge in [0.25, 0.3) is 0 Å². The third-order valence-electron chi connectivity index (χ3n) is 3.29. The smallest absolute Gasteiger partial charge is 0.352 e. The Hall–Kier alpha value is -2.08. The lowest BCUT2D eigenvalue weighted by atomic mass is 9.95. The van der Waals surface area contributed by atoms with Crippen LogP contribution in [0.2, 0.25) is 0 Å². The summed E-state index contributed by atoms with van der Waals surface area (Å²) in [6, 6.07) is 3.73. The Bertz CT molecular complexity index is 612. The molecular weight excluding hydrogens is 276 g/mol. The van der Waals surface area contributed by atoms with Crippen LogP contribution >= 0.6 is 11.8 Å². The topological polar surface area (TPSA) is 70.5 Å². The van der Waals surface area contributed by atoms with Crippen molar-refractivity contribution in [3.05, 3.63) is 47.9 Å². The maximum Gasteiger partial charge on any atom is 0.352 e. The summed E-state index contributed by atoms with van der Waals surface area (Å²) in [4.78, 5) is 28.5. The predicted octanol–water partition coefficient (Wildman–Crippen LogP) is 1.59. The number of hydrogen-bond donors (Lipinski definition) is 1. The molecule has 0 aromatic carbocycles. The van der Waals surface area contributed by atoms with Crippen molar-refractivity contribution in [3.63, 3.8) is 0 Å². The molecule has 1 fully saturated rings. The van der Waals surface area contributed by atoms with Crippen molar-refractivity contribution < 1.29 is 14.7 Å². The minimum Gasteiger partial charge on any atom is -0.477 e. The molecule has 3 rings (SSSR count). The first-order valence-electron chi connectivity index (χ1n) is 6.15. The van der Waals surface area contributed by atoms with Crippen LogP contribution < -0.4 is 0 Å². The van der Waals surface area contributed by atoms with Crippen LogP contribution in [0.5, 0.6) is 0 Å². The summed E-state index contributed by atoms with van der Waals surface area (Å²) >= 11 is 1.58. The van der Waals surface area contributed by atoms with Gasteiger partial charge in [-0.2, -0.15) is 0 Å². The second-order valence-electron chi connectivity index (χ2n) is 4.50. The average molecular weight is 288 g/mol. The van der Waals surface area contributed by atoms with Crippen molar-refractivity contribution in [2.24, 2.45) is 5.92 Å². The second kappa shape index (κ2) is 5.13. The molecule has 6 heteroatoms. The molecule has 1 N–H and O–H groups in total. The number of carbonyl (C=O) groups excluding carboxylic acids is 1. The van der Waals surface area contributed by atoms with Gasteiger partial charge in [0.2, 0.25) is 5.91 Å². The Balaban J connectivity index is 1.76. The molecule has 5 nitrogen and oxygen atoms in total. The number of aliphatic carboxylic acids is 1. The monoisotopic (exact) mass is 288 g/mol. The maximum absolute atomic E-state index is 12.1. The minimum atomic E-state index is -1.04. The number of aromatic nitrogens is 1. The normalized spacial score (nSPS) is 25.1. The van der Waals surface area contributed by atoms with Crippen LogP contribution in [0.1, 0.15) is 5.56 Å². The van der Waals surface area contributed by atoms with E-state index in [0.29, 0.717) is 5.75 Å². The summed E-state index contributed by atoms with van der Waals surface area (Å²) in [5.74, 6) is -0.842. The molecule has 1 saturated heterocycles. The Morgan fingerprint density at radius 3 is 3.10 bits per heavy atom. The van der Waals surface area contributed by atoms with E-state index >= 15 is 0 Å². The molecule has 2 atom stereocenters. The van der Waals surface area contributed by atoms with Crippen LogP contribution in [0.3, 0.4) is 0 Å². The molecule has 20 heavy (non-hydrogen) atoms. The van der Waals surface area contributed by atoms with Gasteiger partial charge in [0, 0.05) is 18.1 Å². The van der Waals surface area contributed by atoms with E-state index in [0.717, 1.165) is 5.56 Å². The van der Waals surface area contributed by atoms with E-state index in [1.54, 1.807) is 30.2 Å². The van der Waals surface area contributed by atoms with Crippen LogP contribution in [-0.2, 0) is 9.59 Å². The van der Waals surface area contributed by atoms with Crippen molar-refractivity contribution in [2.75, 3.05) is 5.75 Å². The van der Waals surface area contributed by atoms with Crippen molar-refractivity contribution in [2.45, 2.75) is 5.37 Å². The van der Waals surface area contributed by atoms with Gasteiger partial charge < -0.3 is 5.11 Å². The fraction of sp³-hybridized carbons (Fsp3) is 0.214. The molecule has 0 radical (unpaired) electrons. The lowest BCUT2D eigenvalue weighted by Gasteiger charge is -2.47. The molecule has 0 spiro atoms. The SMILES string of the molecule is O=C(O)C1=CCS[C@H]2C(C=Cc3cccnc3)C(=O)N12. The van der Waals surface area contributed by atoms with Crippen molar-refractivity contribution in [1.29, 1.82) is 0 Å². The molecule has 0 aliphatic carbocycles. The van der Waals surface area contributed by atoms with Gasteiger partial charge in [-0.05, 0) is 17.7 Å². The van der Waals surface area contributed by atoms with E-state index in [1.165, 1.54) is 4.90 Å². The van der Waals surface area contributed by atoms with Gasteiger partial charge in [-0.1, -0.05) is 18.2 Å². The van der Waals surface area contributed by atoms with E-state index in [1.807, 2.05) is 24.3 Å². The van der Waals surface area contributed by atoms with E-state index in [-0.39, 0.29) is 22.9 Å². The van der Waals surface area contributed by atoms with Gasteiger partial charge in [-0.25, -0.2) is 4.79 Å². The van der Waals surface area contributed by atoms with Gasteiger partial charge in [0.05, 0.1) is 11.3 Å². The molecule has 0 saturated carbocycles. The Labute approximate surface area is 120 Å². The molecule has 1 unspecified atom stereocenters. The molecule has 2 aliphatic rings. The lowest BCUT2D eigenvalue weighted by Crippen LogP contribution is -2.60. The van der Waals surface area contributed by atoms with E-state index in [2.05, 4.69) is 4.98 Å². The van der Waals surface area contributed by atoms with Crippen LogP contribution in [0.15, 0.2) is 42.4 Å². The number of hydrogen-bond acceptors (Lipinski definition) is 4. The average Bonchev–Trinajstić information content (AvgIpc) is 2.47. The Kier molecular flexibility index (Phi) is 3.31. The number of rotatable bonds is 3. The van der Waals surface area contributed by atoms with Gasteiger partial charge in [0.1, 0.15) is 5.70 Å². The third-order valence-corrected chi connectivity index (χ3v) is 4.49. The fourth-order valence-electron chi connectivity index (χ4n) is 2.30. The van der Waals surface area contributed by atoms with Crippen LogP contribution in [0, 0.1) is 5.92 Å². The van der Waals surface area contributed by atoms with E-state index in [9.17, 15) is 9.59 Å². The number of β-lactam (4-membered cyclic amide) rings is 1. The van der Waals surface area contributed by atoms with Gasteiger partial charge in [0.15, 0.2) is 0 Å². The summed E-state index contributed by atoms with van der Waals surface area (Å²) in [6.07, 6.45) is 8.68. The number of nitrogens with zero attached hydrogens (tertiary/aromatic N) is 2. The summed E-state index contributed by atoms with van der Waals surface area (Å²) in [7, 11) is 0. The highest BCUT2D eigenvalue weighted by Gasteiger charge is 2.50. The van der Waals surface area contributed by atoms with Gasteiger partial charge >= 0.3 is 5.97 Å². The fourth-order valence-corrected chi connectivity index (χ4v) is 3.53. The molecule has 1 amide bonds. The number of carboxylic acid groups (broad SMARTS) is 1. The first kappa shape index (κ1) is 12.9. The zero-order chi connectivity index (χ0) is 14.1. The van der Waals surface area contributed by atoms with Crippen LogP contribution in [-0.4, -0.2) is 38.0 Å². The summed E-state index contributed by atoms with van der Waals surface area (Å²) < 4.78 is 0. The largest absolute Gasteiger partial charge is 0.477 e. The van der Waals surface area contributed by atoms with E-state index < -0.39 is 5.97 Å². The van der Waals surface area contributed by atoms with Gasteiger partial charge in [-0.3, -0.25) is 14.7 Å². The van der Waals surface area contributed by atoms with Crippen molar-refractivity contribution in [1.82, 2.24) is 9.88 Å². The van der Waals surface area contributed by atoms with E-state index in [4.69, 9.17) is 5.11 Å². The molecule has 1 aromatic rings. The maximum atomic E-state index is 12.1. The zero-order valence-corrected chi connectivity index (χ0v) is 11.3. The second-order valence-corrected chi connectivity index (χ2v) is 5.65. The zero-order valence-electron chi connectivity index (χ0n) is 10.5. The molecule has 0 bridgehead atoms. The Morgan fingerprint density at radius 2 is 2.40 bits per heavy atom. The number of amides is 1. The van der Waals surface area contributed by atoms with Gasteiger partial charge in [-0.15, -0.1) is 11.8 Å². The minimum absolute atomic E-state index is 0.102. The summed E-state index contributed by atoms with van der Waals surface area (Å²) in [6.45, 7) is 0. The summed E-state index contributed by atoms with van der Waals surface area (Å²) in [5.41, 5.74) is 1.03. The highest BCUT2D eigenvalue weighted by molar-refractivity contribution is 8.00. The lowest BCUT2D eigenvalue weighted by molar-refractivity contribution is -0.149. The molecule has 3 heterocycles. The number of pyridine rings is 1.